The number of rotatable bonds is 6. The molecule has 3 N–H and O–H groups in total. The van der Waals surface area contributed by atoms with Crippen LogP contribution < -0.4 is 5.56 Å². The predicted molar refractivity (Wildman–Crippen MR) is 95.6 cm³/mol. The Morgan fingerprint density at radius 1 is 1.36 bits per heavy atom. The highest BCUT2D eigenvalue weighted by Crippen LogP contribution is 2.36. The molecule has 1 aliphatic heterocycles. The first-order valence-electron chi connectivity index (χ1n) is 8.39. The fourth-order valence-corrected chi connectivity index (χ4v) is 3.82. The van der Waals surface area contributed by atoms with E-state index in [-0.39, 0.29) is 18.2 Å². The third-order valence-corrected chi connectivity index (χ3v) is 5.25. The second-order valence-corrected chi connectivity index (χ2v) is 7.77. The van der Waals surface area contributed by atoms with Crippen LogP contribution in [-0.2, 0) is 15.5 Å². The zero-order chi connectivity index (χ0) is 18.0. The maximum Gasteiger partial charge on any atom is 0.469 e. The Hall–Kier alpha value is -1.50. The lowest BCUT2D eigenvalue weighted by atomic mass is 10.1. The molecule has 1 fully saturated rings. The average Bonchev–Trinajstić information content (AvgIpc) is 2.99. The van der Waals surface area contributed by atoms with Crippen LogP contribution in [0.1, 0.15) is 24.1 Å². The van der Waals surface area contributed by atoms with E-state index >= 15 is 0 Å². The number of likely N-dealkylation sites (tertiary alicyclic amines) is 1. The summed E-state index contributed by atoms with van der Waals surface area (Å²) in [5.41, 5.74) is 1.85. The van der Waals surface area contributed by atoms with E-state index < -0.39 is 7.82 Å². The maximum atomic E-state index is 12.2. The summed E-state index contributed by atoms with van der Waals surface area (Å²) < 4.78 is 15.5. The number of H-pyrrole nitrogens is 1. The molecule has 0 spiro atoms. The van der Waals surface area contributed by atoms with Crippen molar-refractivity contribution in [2.45, 2.75) is 32.2 Å². The summed E-state index contributed by atoms with van der Waals surface area (Å²) in [5.74, 6) is 0. The van der Waals surface area contributed by atoms with Gasteiger partial charge in [-0.15, -0.1) is 0 Å². The standard InChI is InChI=1S/C17H23N2O5P/c1-12-4-2-6-15-16(12)10-13(18-17(15)20)7-9-19-8-3-5-14(19)11-24-25(21,22)23/h2,4,6,10,14H,3,5,7-9,11H2,1H3,(H,18,20)(H2,21,22,23)/t14-/m1/s1. The van der Waals surface area contributed by atoms with Gasteiger partial charge in [0.2, 0.25) is 0 Å². The molecule has 2 aromatic rings. The van der Waals surface area contributed by atoms with Crippen molar-refractivity contribution in [1.29, 1.82) is 0 Å². The molecule has 7 nitrogen and oxygen atoms in total. The van der Waals surface area contributed by atoms with Crippen LogP contribution in [0.5, 0.6) is 0 Å². The highest BCUT2D eigenvalue weighted by atomic mass is 31.2. The fourth-order valence-electron chi connectivity index (χ4n) is 3.45. The molecule has 3 rings (SSSR count). The van der Waals surface area contributed by atoms with Crippen molar-refractivity contribution in [3.63, 3.8) is 0 Å². The number of phosphoric ester groups is 1. The Kier molecular flexibility index (Phi) is 5.41. The summed E-state index contributed by atoms with van der Waals surface area (Å²) in [6.45, 7) is 3.59. The zero-order valence-electron chi connectivity index (χ0n) is 14.1. The Balaban J connectivity index is 1.69. The average molecular weight is 366 g/mol. The minimum Gasteiger partial charge on any atom is -0.326 e. The lowest BCUT2D eigenvalue weighted by Gasteiger charge is -2.24. The highest BCUT2D eigenvalue weighted by Gasteiger charge is 2.27. The summed E-state index contributed by atoms with van der Waals surface area (Å²) in [7, 11) is -4.44. The maximum absolute atomic E-state index is 12.2. The lowest BCUT2D eigenvalue weighted by molar-refractivity contribution is 0.135. The van der Waals surface area contributed by atoms with Gasteiger partial charge in [0.15, 0.2) is 0 Å². The third-order valence-electron chi connectivity index (χ3n) is 4.76. The molecule has 1 aromatic carbocycles. The molecule has 136 valence electrons. The predicted octanol–water partition coefficient (Wildman–Crippen LogP) is 1.95. The number of hydrogen-bond acceptors (Lipinski definition) is 4. The van der Waals surface area contributed by atoms with Crippen molar-refractivity contribution in [2.75, 3.05) is 19.7 Å². The van der Waals surface area contributed by atoms with Gasteiger partial charge in [-0.2, -0.15) is 0 Å². The molecule has 1 aliphatic rings. The first-order valence-corrected chi connectivity index (χ1v) is 9.92. The van der Waals surface area contributed by atoms with E-state index in [9.17, 15) is 9.36 Å². The molecule has 25 heavy (non-hydrogen) atoms. The number of aromatic nitrogens is 1. The highest BCUT2D eigenvalue weighted by molar-refractivity contribution is 7.46. The third kappa shape index (κ3) is 4.57. The van der Waals surface area contributed by atoms with E-state index in [1.807, 2.05) is 31.2 Å². The fraction of sp³-hybridized carbons (Fsp3) is 0.471. The Morgan fingerprint density at radius 3 is 2.92 bits per heavy atom. The molecule has 0 aliphatic carbocycles. The SMILES string of the molecule is Cc1cccc2c(=O)[nH]c(CCN3CCC[C@@H]3COP(=O)(O)O)cc12. The van der Waals surface area contributed by atoms with Crippen LogP contribution in [0.2, 0.25) is 0 Å². The monoisotopic (exact) mass is 366 g/mol. The molecule has 0 amide bonds. The topological polar surface area (TPSA) is 103 Å². The molecule has 8 heteroatoms. The largest absolute Gasteiger partial charge is 0.469 e. The van der Waals surface area contributed by atoms with Gasteiger partial charge >= 0.3 is 7.82 Å². The Labute approximate surface area is 145 Å². The number of aromatic amines is 1. The number of nitrogens with zero attached hydrogens (tertiary/aromatic N) is 1. The Morgan fingerprint density at radius 2 is 2.16 bits per heavy atom. The van der Waals surface area contributed by atoms with Gasteiger partial charge in [-0.05, 0) is 49.4 Å². The summed E-state index contributed by atoms with van der Waals surface area (Å²) in [5, 5.41) is 1.65. The van der Waals surface area contributed by atoms with E-state index in [0.29, 0.717) is 18.4 Å². The second-order valence-electron chi connectivity index (χ2n) is 6.53. The minimum atomic E-state index is -4.44. The zero-order valence-corrected chi connectivity index (χ0v) is 15.0. The van der Waals surface area contributed by atoms with E-state index in [4.69, 9.17) is 9.79 Å². The number of phosphoric acid groups is 1. The number of benzene rings is 1. The molecule has 1 atom stereocenters. The van der Waals surface area contributed by atoms with Gasteiger partial charge in [-0.25, -0.2) is 4.57 Å². The number of fused-ring (bicyclic) bond motifs is 1. The summed E-state index contributed by atoms with van der Waals surface area (Å²) in [4.78, 5) is 35.1. The molecular formula is C17H23N2O5P. The normalized spacial score (nSPS) is 18.9. The van der Waals surface area contributed by atoms with Crippen LogP contribution >= 0.6 is 7.82 Å². The van der Waals surface area contributed by atoms with Crippen molar-refractivity contribution < 1.29 is 18.9 Å². The van der Waals surface area contributed by atoms with Crippen molar-refractivity contribution in [3.05, 3.63) is 45.9 Å². The number of aryl methyl sites for hydroxylation is 1. The first kappa shape index (κ1) is 18.3. The lowest BCUT2D eigenvalue weighted by Crippen LogP contribution is -2.34. The van der Waals surface area contributed by atoms with Crippen LogP contribution in [-0.4, -0.2) is 45.4 Å². The molecule has 1 aromatic heterocycles. The van der Waals surface area contributed by atoms with Gasteiger partial charge in [0.1, 0.15) is 0 Å². The van der Waals surface area contributed by atoms with Crippen LogP contribution in [0, 0.1) is 6.92 Å². The van der Waals surface area contributed by atoms with E-state index in [2.05, 4.69) is 14.4 Å². The number of pyridine rings is 1. The minimum absolute atomic E-state index is 0.00143. The van der Waals surface area contributed by atoms with E-state index in [1.165, 1.54) is 0 Å². The van der Waals surface area contributed by atoms with Crippen LogP contribution in [0.3, 0.4) is 0 Å². The number of nitrogens with one attached hydrogen (secondary N) is 1. The molecule has 0 unspecified atom stereocenters. The van der Waals surface area contributed by atoms with Crippen LogP contribution in [0.25, 0.3) is 10.8 Å². The van der Waals surface area contributed by atoms with Crippen LogP contribution in [0.15, 0.2) is 29.1 Å². The van der Waals surface area contributed by atoms with Gasteiger partial charge < -0.3 is 14.8 Å². The summed E-state index contributed by atoms with van der Waals surface area (Å²) in [6, 6.07) is 7.70. The van der Waals surface area contributed by atoms with E-state index in [0.717, 1.165) is 36.0 Å². The molecule has 2 heterocycles. The van der Waals surface area contributed by atoms with Crippen molar-refractivity contribution in [3.8, 4) is 0 Å². The quantitative estimate of drug-likeness (QED) is 0.676. The number of hydrogen-bond donors (Lipinski definition) is 3. The van der Waals surface area contributed by atoms with E-state index in [1.54, 1.807) is 0 Å². The molecule has 0 radical (unpaired) electrons. The smallest absolute Gasteiger partial charge is 0.326 e. The first-order chi connectivity index (χ1) is 11.8. The molecule has 0 saturated carbocycles. The molecule has 1 saturated heterocycles. The van der Waals surface area contributed by atoms with Crippen molar-refractivity contribution >= 4 is 18.6 Å². The van der Waals surface area contributed by atoms with Crippen LogP contribution in [0.4, 0.5) is 0 Å². The Bertz CT molecular complexity index is 860. The molecule has 0 bridgehead atoms. The van der Waals surface area contributed by atoms with Gasteiger partial charge in [-0.3, -0.25) is 14.2 Å². The van der Waals surface area contributed by atoms with Gasteiger partial charge in [-0.1, -0.05) is 12.1 Å². The summed E-state index contributed by atoms with van der Waals surface area (Å²) >= 11 is 0. The van der Waals surface area contributed by atoms with Gasteiger partial charge in [0.05, 0.1) is 6.61 Å². The van der Waals surface area contributed by atoms with Crippen molar-refractivity contribution in [2.24, 2.45) is 0 Å². The second kappa shape index (κ2) is 7.40. The van der Waals surface area contributed by atoms with Gasteiger partial charge in [0.25, 0.3) is 5.56 Å². The molecular weight excluding hydrogens is 343 g/mol. The van der Waals surface area contributed by atoms with Gasteiger partial charge in [0, 0.05) is 30.1 Å². The summed E-state index contributed by atoms with van der Waals surface area (Å²) in [6.07, 6.45) is 2.50. The van der Waals surface area contributed by atoms with Crippen molar-refractivity contribution in [1.82, 2.24) is 9.88 Å².